The number of fused-ring (bicyclic) bond motifs is 1. The van der Waals surface area contributed by atoms with Crippen LogP contribution in [0.1, 0.15) is 21.6 Å². The van der Waals surface area contributed by atoms with Gasteiger partial charge in [0.1, 0.15) is 11.9 Å². The second-order valence-corrected chi connectivity index (χ2v) is 9.00. The first-order chi connectivity index (χ1) is 17.2. The van der Waals surface area contributed by atoms with E-state index in [0.717, 1.165) is 43.8 Å². The van der Waals surface area contributed by atoms with Crippen LogP contribution in [0.3, 0.4) is 0 Å². The fraction of sp³-hybridized carbons (Fsp3) is 0.269. The van der Waals surface area contributed by atoms with E-state index in [1.54, 1.807) is 29.3 Å². The molecule has 10 heteroatoms. The standard InChI is InChI=1S/C26H25FN6O3/c1-14-10-19-24(15(2)23(14)16-4-7-28-8-5-16)17(22-6-9-29-32(22)3)11-20(30-19)25(34)31-21-13-33(26(35)36)12-18(21)27/h4-11,18,21H,12-13H2,1-3H3,(H,31,34)(H,35,36)/t18?,21-/m1/s1. The minimum Gasteiger partial charge on any atom is -0.465 e. The van der Waals surface area contributed by atoms with E-state index in [0.29, 0.717) is 5.52 Å². The lowest BCUT2D eigenvalue weighted by Gasteiger charge is -2.18. The Morgan fingerprint density at radius 3 is 2.50 bits per heavy atom. The maximum absolute atomic E-state index is 14.4. The van der Waals surface area contributed by atoms with E-state index >= 15 is 0 Å². The summed E-state index contributed by atoms with van der Waals surface area (Å²) >= 11 is 0. The Morgan fingerprint density at radius 1 is 1.11 bits per heavy atom. The van der Waals surface area contributed by atoms with Crippen molar-refractivity contribution in [2.75, 3.05) is 13.1 Å². The number of amides is 2. The third kappa shape index (κ3) is 4.04. The predicted octanol–water partition coefficient (Wildman–Crippen LogP) is 3.74. The van der Waals surface area contributed by atoms with Crippen molar-refractivity contribution in [3.63, 3.8) is 0 Å². The number of carbonyl (C=O) groups is 2. The van der Waals surface area contributed by atoms with Crippen molar-refractivity contribution in [1.29, 1.82) is 0 Å². The molecule has 0 spiro atoms. The molecule has 2 N–H and O–H groups in total. The molecule has 4 aromatic rings. The van der Waals surface area contributed by atoms with Crippen LogP contribution in [-0.2, 0) is 7.05 Å². The number of likely N-dealkylation sites (tertiary alicyclic amines) is 1. The Labute approximate surface area is 206 Å². The van der Waals surface area contributed by atoms with E-state index < -0.39 is 24.2 Å². The van der Waals surface area contributed by atoms with Crippen LogP contribution in [-0.4, -0.2) is 67.1 Å². The summed E-state index contributed by atoms with van der Waals surface area (Å²) in [6, 6.07) is 8.45. The summed E-state index contributed by atoms with van der Waals surface area (Å²) in [6.45, 7) is 3.63. The van der Waals surface area contributed by atoms with Gasteiger partial charge in [0.05, 0.1) is 23.8 Å². The molecular formula is C26H25FN6O3. The number of pyridine rings is 2. The number of nitrogens with zero attached hydrogens (tertiary/aromatic N) is 5. The van der Waals surface area contributed by atoms with Gasteiger partial charge >= 0.3 is 6.09 Å². The third-order valence-electron chi connectivity index (χ3n) is 6.68. The maximum Gasteiger partial charge on any atom is 0.407 e. The number of aryl methyl sites for hydroxylation is 3. The van der Waals surface area contributed by atoms with Crippen LogP contribution in [0, 0.1) is 13.8 Å². The summed E-state index contributed by atoms with van der Waals surface area (Å²) in [7, 11) is 1.82. The molecule has 0 bridgehead atoms. The molecule has 1 saturated heterocycles. The SMILES string of the molecule is Cc1cc2nc(C(=O)N[C@@H]3CN(C(=O)O)CC3F)cc(-c3ccnn3C)c2c(C)c1-c1ccncc1. The molecule has 5 rings (SSSR count). The van der Waals surface area contributed by atoms with Gasteiger partial charge in [-0.1, -0.05) is 0 Å². The summed E-state index contributed by atoms with van der Waals surface area (Å²) in [4.78, 5) is 34.1. The van der Waals surface area contributed by atoms with E-state index in [4.69, 9.17) is 5.11 Å². The molecule has 3 aromatic heterocycles. The first-order valence-corrected chi connectivity index (χ1v) is 11.5. The molecule has 0 radical (unpaired) electrons. The number of alkyl halides is 1. The zero-order valence-electron chi connectivity index (χ0n) is 20.1. The third-order valence-corrected chi connectivity index (χ3v) is 6.68. The average Bonchev–Trinajstić information content (AvgIpc) is 3.44. The Hall–Kier alpha value is -4.34. The molecule has 9 nitrogen and oxygen atoms in total. The Bertz CT molecular complexity index is 1490. The van der Waals surface area contributed by atoms with E-state index in [1.807, 2.05) is 45.2 Å². The monoisotopic (exact) mass is 488 g/mol. The highest BCUT2D eigenvalue weighted by molar-refractivity contribution is 6.04. The average molecular weight is 489 g/mol. The van der Waals surface area contributed by atoms with Crippen LogP contribution in [0.4, 0.5) is 9.18 Å². The van der Waals surface area contributed by atoms with Gasteiger partial charge in [-0.15, -0.1) is 0 Å². The fourth-order valence-electron chi connectivity index (χ4n) is 4.98. The van der Waals surface area contributed by atoms with Crippen molar-refractivity contribution in [3.05, 3.63) is 65.7 Å². The second-order valence-electron chi connectivity index (χ2n) is 9.00. The summed E-state index contributed by atoms with van der Waals surface area (Å²) in [5.41, 5.74) is 6.40. The highest BCUT2D eigenvalue weighted by Gasteiger charge is 2.36. The van der Waals surface area contributed by atoms with Crippen LogP contribution in [0.2, 0.25) is 0 Å². The van der Waals surface area contributed by atoms with E-state index in [2.05, 4.69) is 20.4 Å². The molecule has 1 fully saturated rings. The summed E-state index contributed by atoms with van der Waals surface area (Å²) in [6.07, 6.45) is 2.47. The lowest BCUT2D eigenvalue weighted by atomic mass is 9.90. The first-order valence-electron chi connectivity index (χ1n) is 11.5. The number of carboxylic acid groups (broad SMARTS) is 1. The maximum atomic E-state index is 14.4. The number of halogens is 1. The first kappa shape index (κ1) is 23.4. The normalized spacial score (nSPS) is 17.5. The van der Waals surface area contributed by atoms with Crippen molar-refractivity contribution >= 4 is 22.9 Å². The minimum absolute atomic E-state index is 0.113. The molecule has 1 aliphatic rings. The summed E-state index contributed by atoms with van der Waals surface area (Å²) in [5, 5.41) is 17.0. The number of rotatable bonds is 4. The quantitative estimate of drug-likeness (QED) is 0.452. The molecule has 2 amide bonds. The second kappa shape index (κ2) is 9.03. The van der Waals surface area contributed by atoms with Crippen LogP contribution in [0.15, 0.2) is 48.9 Å². The van der Waals surface area contributed by atoms with Gasteiger partial charge in [-0.25, -0.2) is 14.2 Å². The molecule has 2 atom stereocenters. The number of carbonyl (C=O) groups excluding carboxylic acids is 1. The lowest BCUT2D eigenvalue weighted by Crippen LogP contribution is -2.42. The molecule has 184 valence electrons. The molecule has 36 heavy (non-hydrogen) atoms. The highest BCUT2D eigenvalue weighted by Crippen LogP contribution is 2.38. The lowest BCUT2D eigenvalue weighted by molar-refractivity contribution is 0.0917. The zero-order valence-corrected chi connectivity index (χ0v) is 20.1. The topological polar surface area (TPSA) is 113 Å². The van der Waals surface area contributed by atoms with Gasteiger partial charge in [-0.05, 0) is 66.4 Å². The van der Waals surface area contributed by atoms with Gasteiger partial charge in [-0.2, -0.15) is 5.10 Å². The number of hydrogen-bond donors (Lipinski definition) is 2. The number of hydrogen-bond acceptors (Lipinski definition) is 5. The van der Waals surface area contributed by atoms with Crippen molar-refractivity contribution in [2.24, 2.45) is 7.05 Å². The molecule has 1 aliphatic heterocycles. The van der Waals surface area contributed by atoms with Crippen molar-refractivity contribution < 1.29 is 19.1 Å². The fourth-order valence-corrected chi connectivity index (χ4v) is 4.98. The summed E-state index contributed by atoms with van der Waals surface area (Å²) < 4.78 is 16.2. The molecule has 0 saturated carbocycles. The van der Waals surface area contributed by atoms with Gasteiger partial charge < -0.3 is 15.3 Å². The Balaban J connectivity index is 1.64. The molecule has 4 heterocycles. The van der Waals surface area contributed by atoms with E-state index in [1.165, 1.54) is 0 Å². The number of nitrogens with one attached hydrogen (secondary N) is 1. The van der Waals surface area contributed by atoms with E-state index in [-0.39, 0.29) is 18.8 Å². The molecular weight excluding hydrogens is 463 g/mol. The number of aromatic nitrogens is 4. The molecule has 0 aliphatic carbocycles. The van der Waals surface area contributed by atoms with Crippen LogP contribution in [0.25, 0.3) is 33.3 Å². The zero-order chi connectivity index (χ0) is 25.6. The largest absolute Gasteiger partial charge is 0.465 e. The van der Waals surface area contributed by atoms with Crippen molar-refractivity contribution in [2.45, 2.75) is 26.1 Å². The Kier molecular flexibility index (Phi) is 5.87. The van der Waals surface area contributed by atoms with Gasteiger partial charge in [0.25, 0.3) is 5.91 Å². The summed E-state index contributed by atoms with van der Waals surface area (Å²) in [5.74, 6) is -0.561. The molecule has 1 aromatic carbocycles. The molecule has 1 unspecified atom stereocenters. The van der Waals surface area contributed by atoms with Gasteiger partial charge in [0.2, 0.25) is 0 Å². The van der Waals surface area contributed by atoms with Gasteiger partial charge in [-0.3, -0.25) is 14.5 Å². The van der Waals surface area contributed by atoms with Crippen LogP contribution < -0.4 is 5.32 Å². The smallest absolute Gasteiger partial charge is 0.407 e. The van der Waals surface area contributed by atoms with Crippen molar-refractivity contribution in [3.8, 4) is 22.4 Å². The van der Waals surface area contributed by atoms with Gasteiger partial charge in [0, 0.05) is 43.1 Å². The van der Waals surface area contributed by atoms with E-state index in [9.17, 15) is 14.0 Å². The van der Waals surface area contributed by atoms with Crippen LogP contribution in [0.5, 0.6) is 0 Å². The van der Waals surface area contributed by atoms with Crippen LogP contribution >= 0.6 is 0 Å². The minimum atomic E-state index is -1.49. The highest BCUT2D eigenvalue weighted by atomic mass is 19.1. The van der Waals surface area contributed by atoms with Crippen molar-refractivity contribution in [1.82, 2.24) is 30.0 Å². The predicted molar refractivity (Wildman–Crippen MR) is 132 cm³/mol. The Morgan fingerprint density at radius 2 is 1.86 bits per heavy atom. The number of benzene rings is 1. The van der Waals surface area contributed by atoms with Gasteiger partial charge in [0.15, 0.2) is 0 Å².